The fourth-order valence-electron chi connectivity index (χ4n) is 4.10. The summed E-state index contributed by atoms with van der Waals surface area (Å²) in [6, 6.07) is 0.817. The van der Waals surface area contributed by atoms with Gasteiger partial charge in [0.1, 0.15) is 0 Å². The average Bonchev–Trinajstić information content (AvgIpc) is 3.22. The van der Waals surface area contributed by atoms with Crippen LogP contribution in [0.25, 0.3) is 0 Å². The van der Waals surface area contributed by atoms with Crippen molar-refractivity contribution in [2.45, 2.75) is 76.8 Å². The number of nitrogens with two attached hydrogens (primary N) is 1. The summed E-state index contributed by atoms with van der Waals surface area (Å²) in [5.41, 5.74) is 6.53. The van der Waals surface area contributed by atoms with Crippen molar-refractivity contribution in [1.29, 1.82) is 0 Å². The number of nitrogens with zero attached hydrogens (tertiary/aromatic N) is 1. The molecular weight excluding hydrogens is 208 g/mol. The Kier molecular flexibility index (Phi) is 4.48. The first-order chi connectivity index (χ1) is 8.28. The van der Waals surface area contributed by atoms with E-state index < -0.39 is 0 Å². The lowest BCUT2D eigenvalue weighted by Crippen LogP contribution is -2.59. The van der Waals surface area contributed by atoms with Gasteiger partial charge in [0.05, 0.1) is 0 Å². The zero-order valence-corrected chi connectivity index (χ0v) is 11.8. The molecule has 0 aromatic rings. The Balaban J connectivity index is 2.12. The molecule has 17 heavy (non-hydrogen) atoms. The van der Waals surface area contributed by atoms with E-state index in [0.29, 0.717) is 5.54 Å². The molecule has 0 spiro atoms. The van der Waals surface area contributed by atoms with E-state index in [0.717, 1.165) is 18.5 Å². The lowest BCUT2D eigenvalue weighted by atomic mass is 9.83. The fourth-order valence-corrected chi connectivity index (χ4v) is 4.10. The van der Waals surface area contributed by atoms with Crippen LogP contribution in [-0.4, -0.2) is 29.6 Å². The van der Waals surface area contributed by atoms with Gasteiger partial charge in [-0.2, -0.15) is 0 Å². The Morgan fingerprint density at radius 2 is 1.71 bits per heavy atom. The maximum absolute atomic E-state index is 6.20. The summed E-state index contributed by atoms with van der Waals surface area (Å²) in [6.07, 6.45) is 11.2. The molecule has 2 N–H and O–H groups in total. The van der Waals surface area contributed by atoms with Crippen LogP contribution in [0.2, 0.25) is 0 Å². The molecule has 2 aliphatic rings. The van der Waals surface area contributed by atoms with Crippen molar-refractivity contribution in [2.75, 3.05) is 13.1 Å². The van der Waals surface area contributed by atoms with Crippen molar-refractivity contribution in [3.63, 3.8) is 0 Å². The molecule has 2 heteroatoms. The Morgan fingerprint density at radius 3 is 2.12 bits per heavy atom. The van der Waals surface area contributed by atoms with E-state index in [2.05, 4.69) is 18.7 Å². The van der Waals surface area contributed by atoms with E-state index in [9.17, 15) is 0 Å². The quantitative estimate of drug-likeness (QED) is 0.770. The van der Waals surface area contributed by atoms with E-state index >= 15 is 0 Å². The van der Waals surface area contributed by atoms with Gasteiger partial charge in [-0.3, -0.25) is 4.90 Å². The predicted octanol–water partition coefficient (Wildman–Crippen LogP) is 3.16. The lowest BCUT2D eigenvalue weighted by Gasteiger charge is -2.48. The molecule has 0 aromatic heterocycles. The highest BCUT2D eigenvalue weighted by Crippen LogP contribution is 2.46. The average molecular weight is 238 g/mol. The van der Waals surface area contributed by atoms with Gasteiger partial charge >= 0.3 is 0 Å². The van der Waals surface area contributed by atoms with E-state index in [1.54, 1.807) is 0 Å². The predicted molar refractivity (Wildman–Crippen MR) is 74.1 cm³/mol. The minimum absolute atomic E-state index is 0.330. The van der Waals surface area contributed by atoms with Crippen molar-refractivity contribution in [3.05, 3.63) is 0 Å². The highest BCUT2D eigenvalue weighted by atomic mass is 15.2. The minimum Gasteiger partial charge on any atom is -0.329 e. The van der Waals surface area contributed by atoms with Gasteiger partial charge in [0.2, 0.25) is 0 Å². The zero-order valence-electron chi connectivity index (χ0n) is 11.8. The molecule has 0 saturated heterocycles. The van der Waals surface area contributed by atoms with Gasteiger partial charge in [-0.1, -0.05) is 33.1 Å². The van der Waals surface area contributed by atoms with Gasteiger partial charge in [0, 0.05) is 18.1 Å². The molecular formula is C15H30N2. The Hall–Kier alpha value is -0.0800. The molecule has 1 atom stereocenters. The molecule has 0 radical (unpaired) electrons. The Bertz CT molecular complexity index is 225. The summed E-state index contributed by atoms with van der Waals surface area (Å²) in [7, 11) is 0. The number of hydrogen-bond donors (Lipinski definition) is 1. The standard InChI is InChI=1S/C15H30N2/c1-3-15(12-16,13-10-11-13)17(4-2)14-8-6-5-7-9-14/h13-14H,3-12,16H2,1-2H3. The van der Waals surface area contributed by atoms with Crippen LogP contribution in [0.1, 0.15) is 65.2 Å². The SMILES string of the molecule is CCN(C1CCCCC1)C(CC)(CN)C1CC1. The summed E-state index contributed by atoms with van der Waals surface area (Å²) >= 11 is 0. The molecule has 2 rings (SSSR count). The molecule has 2 fully saturated rings. The first kappa shape index (κ1) is 13.4. The third-order valence-corrected chi connectivity index (χ3v) is 5.23. The zero-order chi connectivity index (χ0) is 12.3. The highest BCUT2D eigenvalue weighted by molar-refractivity contribution is 5.04. The minimum atomic E-state index is 0.330. The van der Waals surface area contributed by atoms with E-state index in [1.165, 1.54) is 57.9 Å². The van der Waals surface area contributed by atoms with Crippen molar-refractivity contribution in [2.24, 2.45) is 11.7 Å². The largest absolute Gasteiger partial charge is 0.329 e. The van der Waals surface area contributed by atoms with Crippen LogP contribution in [0.3, 0.4) is 0 Å². The molecule has 0 amide bonds. The van der Waals surface area contributed by atoms with Crippen molar-refractivity contribution in [1.82, 2.24) is 4.90 Å². The van der Waals surface area contributed by atoms with Gasteiger partial charge in [-0.15, -0.1) is 0 Å². The maximum atomic E-state index is 6.20. The normalized spacial score (nSPS) is 26.1. The van der Waals surface area contributed by atoms with Gasteiger partial charge in [0.25, 0.3) is 0 Å². The number of hydrogen-bond acceptors (Lipinski definition) is 2. The summed E-state index contributed by atoms with van der Waals surface area (Å²) in [4.78, 5) is 2.80. The third kappa shape index (κ3) is 2.53. The molecule has 0 bridgehead atoms. The smallest absolute Gasteiger partial charge is 0.0360 e. The highest BCUT2D eigenvalue weighted by Gasteiger charge is 2.48. The van der Waals surface area contributed by atoms with Crippen LogP contribution in [-0.2, 0) is 0 Å². The first-order valence-electron chi connectivity index (χ1n) is 7.75. The summed E-state index contributed by atoms with van der Waals surface area (Å²) in [5, 5.41) is 0. The topological polar surface area (TPSA) is 29.3 Å². The second kappa shape index (κ2) is 5.71. The molecule has 1 unspecified atom stereocenters. The van der Waals surface area contributed by atoms with Crippen LogP contribution in [0, 0.1) is 5.92 Å². The van der Waals surface area contributed by atoms with Crippen LogP contribution in [0.5, 0.6) is 0 Å². The van der Waals surface area contributed by atoms with Crippen LogP contribution in [0.4, 0.5) is 0 Å². The third-order valence-electron chi connectivity index (χ3n) is 5.23. The van der Waals surface area contributed by atoms with Gasteiger partial charge < -0.3 is 5.73 Å². The van der Waals surface area contributed by atoms with Gasteiger partial charge in [0.15, 0.2) is 0 Å². The summed E-state index contributed by atoms with van der Waals surface area (Å²) < 4.78 is 0. The van der Waals surface area contributed by atoms with Crippen molar-refractivity contribution < 1.29 is 0 Å². The van der Waals surface area contributed by atoms with Crippen LogP contribution >= 0.6 is 0 Å². The van der Waals surface area contributed by atoms with Gasteiger partial charge in [-0.25, -0.2) is 0 Å². The van der Waals surface area contributed by atoms with Crippen molar-refractivity contribution >= 4 is 0 Å². The monoisotopic (exact) mass is 238 g/mol. The lowest BCUT2D eigenvalue weighted by molar-refractivity contribution is 0.0160. The van der Waals surface area contributed by atoms with Crippen LogP contribution in [0.15, 0.2) is 0 Å². The first-order valence-corrected chi connectivity index (χ1v) is 7.75. The van der Waals surface area contributed by atoms with E-state index in [1.807, 2.05) is 0 Å². The van der Waals surface area contributed by atoms with Crippen LogP contribution < -0.4 is 5.73 Å². The van der Waals surface area contributed by atoms with E-state index in [4.69, 9.17) is 5.73 Å². The molecule has 0 aliphatic heterocycles. The van der Waals surface area contributed by atoms with Crippen molar-refractivity contribution in [3.8, 4) is 0 Å². The molecule has 2 saturated carbocycles. The van der Waals surface area contributed by atoms with E-state index in [-0.39, 0.29) is 0 Å². The molecule has 100 valence electrons. The summed E-state index contributed by atoms with van der Waals surface area (Å²) in [6.45, 7) is 6.72. The van der Waals surface area contributed by atoms with Gasteiger partial charge in [-0.05, 0) is 44.6 Å². The maximum Gasteiger partial charge on any atom is 0.0360 e. The Morgan fingerprint density at radius 1 is 1.06 bits per heavy atom. The second-order valence-corrected chi connectivity index (χ2v) is 6.01. The molecule has 2 aliphatic carbocycles. The molecule has 2 nitrogen and oxygen atoms in total. The number of likely N-dealkylation sites (N-methyl/N-ethyl adjacent to an activating group) is 1. The summed E-state index contributed by atoms with van der Waals surface area (Å²) in [5.74, 6) is 0.888. The second-order valence-electron chi connectivity index (χ2n) is 6.01. The number of rotatable bonds is 6. The Labute approximate surface area is 107 Å². The molecule has 0 aromatic carbocycles. The molecule has 0 heterocycles. The fraction of sp³-hybridized carbons (Fsp3) is 1.00.